The molecule has 0 radical (unpaired) electrons. The summed E-state index contributed by atoms with van der Waals surface area (Å²) in [7, 11) is 3.11. The van der Waals surface area contributed by atoms with Crippen LogP contribution in [-0.2, 0) is 43.9 Å². The van der Waals surface area contributed by atoms with Crippen LogP contribution in [0.25, 0.3) is 0 Å². The smallest absolute Gasteiger partial charge is 0.358 e. The van der Waals surface area contributed by atoms with Crippen molar-refractivity contribution in [1.29, 1.82) is 0 Å². The summed E-state index contributed by atoms with van der Waals surface area (Å²) >= 11 is 2.68. The zero-order valence-corrected chi connectivity index (χ0v) is 34.3. The van der Waals surface area contributed by atoms with Gasteiger partial charge in [-0.1, -0.05) is 96.2 Å². The number of nitrogens with zero attached hydrogens (tertiary/aromatic N) is 4. The lowest BCUT2D eigenvalue weighted by atomic mass is 9.77. The number of nitrogens with one attached hydrogen (secondary N) is 2. The zero-order chi connectivity index (χ0) is 41.0. The minimum absolute atomic E-state index is 0.0195. The average molecular weight is 825 g/mol. The SMILES string of the molecule is CO/N=C(\C(=O)N[C@@H]1C(=O)N2C(C(=O)OCOC(=O)C(C)(C)C)=C([C@@H]3CCN(C)O3)CS[C@H]12)c1csc(NC(c2ccccc2)(c2ccccc2)c2ccccc2)n1. The Morgan fingerprint density at radius 1 is 0.931 bits per heavy atom. The molecular formula is C42H44N6O8S2. The Balaban J connectivity index is 1.12. The molecule has 1 aromatic heterocycles. The molecule has 3 atom stereocenters. The van der Waals surface area contributed by atoms with Crippen LogP contribution in [0.1, 0.15) is 49.6 Å². The number of amides is 2. The average Bonchev–Trinajstić information content (AvgIpc) is 3.89. The van der Waals surface area contributed by atoms with Gasteiger partial charge in [-0.2, -0.15) is 5.06 Å². The van der Waals surface area contributed by atoms with E-state index in [1.807, 2.05) is 54.6 Å². The molecule has 0 spiro atoms. The summed E-state index contributed by atoms with van der Waals surface area (Å²) in [4.78, 5) is 71.0. The minimum Gasteiger partial charge on any atom is -0.427 e. The highest BCUT2D eigenvalue weighted by molar-refractivity contribution is 8.00. The molecule has 7 rings (SSSR count). The molecule has 4 aromatic rings. The van der Waals surface area contributed by atoms with Crippen LogP contribution in [0, 0.1) is 5.41 Å². The third-order valence-corrected chi connectivity index (χ3v) is 12.0. The van der Waals surface area contributed by atoms with Gasteiger partial charge in [0.05, 0.1) is 5.41 Å². The largest absolute Gasteiger partial charge is 0.427 e. The van der Waals surface area contributed by atoms with E-state index in [1.54, 1.807) is 38.3 Å². The van der Waals surface area contributed by atoms with E-state index < -0.39 is 59.0 Å². The van der Waals surface area contributed by atoms with Crippen molar-refractivity contribution in [3.05, 3.63) is 130 Å². The Morgan fingerprint density at radius 2 is 1.53 bits per heavy atom. The molecule has 3 aromatic carbocycles. The van der Waals surface area contributed by atoms with E-state index in [0.717, 1.165) is 16.7 Å². The second kappa shape index (κ2) is 17.1. The normalized spacial score (nSPS) is 19.9. The number of carbonyl (C=O) groups excluding carboxylic acids is 4. The van der Waals surface area contributed by atoms with Crippen molar-refractivity contribution in [3.63, 3.8) is 0 Å². The van der Waals surface area contributed by atoms with Crippen molar-refractivity contribution in [2.45, 2.75) is 50.3 Å². The summed E-state index contributed by atoms with van der Waals surface area (Å²) in [6, 6.07) is 29.1. The summed E-state index contributed by atoms with van der Waals surface area (Å²) in [5, 5.41) is 13.8. The second-order valence-electron chi connectivity index (χ2n) is 14.8. The molecule has 0 bridgehead atoms. The molecule has 16 heteroatoms. The Kier molecular flexibility index (Phi) is 12.0. The topological polar surface area (TPSA) is 161 Å². The van der Waals surface area contributed by atoms with E-state index in [2.05, 4.69) is 52.2 Å². The van der Waals surface area contributed by atoms with E-state index in [-0.39, 0.29) is 17.1 Å². The predicted molar refractivity (Wildman–Crippen MR) is 219 cm³/mol. The fraction of sp³-hybridized carbons (Fsp3) is 0.333. The zero-order valence-electron chi connectivity index (χ0n) is 32.7. The van der Waals surface area contributed by atoms with E-state index in [1.165, 1.54) is 35.1 Å². The van der Waals surface area contributed by atoms with Gasteiger partial charge < -0.3 is 24.9 Å². The number of thiazole rings is 1. The third-order valence-electron chi connectivity index (χ3n) is 9.93. The van der Waals surface area contributed by atoms with Gasteiger partial charge in [0, 0.05) is 30.3 Å². The number of hydroxylamine groups is 2. The molecule has 2 fully saturated rings. The van der Waals surface area contributed by atoms with Crippen LogP contribution in [0.3, 0.4) is 0 Å². The van der Waals surface area contributed by atoms with E-state index in [9.17, 15) is 19.2 Å². The van der Waals surface area contributed by atoms with Crippen molar-refractivity contribution in [1.82, 2.24) is 20.3 Å². The van der Waals surface area contributed by atoms with Crippen LogP contribution in [0.4, 0.5) is 5.13 Å². The number of benzene rings is 3. The van der Waals surface area contributed by atoms with E-state index >= 15 is 0 Å². The quantitative estimate of drug-likeness (QED) is 0.0450. The number of carbonyl (C=O) groups is 4. The summed E-state index contributed by atoms with van der Waals surface area (Å²) in [6.07, 6.45) is 0.136. The van der Waals surface area contributed by atoms with Gasteiger partial charge in [-0.25, -0.2) is 9.78 Å². The number of oxime groups is 1. The molecule has 14 nitrogen and oxygen atoms in total. The second-order valence-corrected chi connectivity index (χ2v) is 16.8. The van der Waals surface area contributed by atoms with Crippen molar-refractivity contribution < 1.29 is 38.3 Å². The molecule has 4 heterocycles. The van der Waals surface area contributed by atoms with Gasteiger partial charge in [0.15, 0.2) is 10.8 Å². The van der Waals surface area contributed by atoms with Gasteiger partial charge in [0.2, 0.25) is 6.79 Å². The number of ether oxygens (including phenoxy) is 2. The lowest BCUT2D eigenvalue weighted by Crippen LogP contribution is -2.71. The number of thioether (sulfide) groups is 1. The van der Waals surface area contributed by atoms with Crippen LogP contribution >= 0.6 is 23.1 Å². The molecule has 2 amide bonds. The first-order valence-corrected chi connectivity index (χ1v) is 20.6. The predicted octanol–water partition coefficient (Wildman–Crippen LogP) is 5.28. The number of aromatic nitrogens is 1. The standard InChI is InChI=1S/C42H44N6O8S2/c1-41(2,3)39(52)55-25-54-38(51)34-29(31-21-22-47(4)56-31)23-57-37-33(36(50)48(34)37)44-35(49)32(46-53-5)30-24-58-40(43-30)45-42(26-15-9-6-10-16-26,27-17-11-7-12-18-27)28-19-13-8-14-20-28/h6-20,24,31,33,37H,21-23,25H2,1-5H3,(H,43,45)(H,44,49)/b46-32-/t31-,33+,37+/m0/s1. The first-order chi connectivity index (χ1) is 27.9. The molecule has 3 aliphatic rings. The molecular weight excluding hydrogens is 781 g/mol. The fourth-order valence-corrected chi connectivity index (χ4v) is 9.20. The van der Waals surface area contributed by atoms with Gasteiger partial charge in [0.25, 0.3) is 11.8 Å². The monoisotopic (exact) mass is 824 g/mol. The van der Waals surface area contributed by atoms with Gasteiger partial charge in [-0.15, -0.1) is 23.1 Å². The van der Waals surface area contributed by atoms with Crippen molar-refractivity contribution in [2.75, 3.05) is 38.6 Å². The number of β-lactam (4-membered cyclic amide) rings is 1. The number of hydrogen-bond donors (Lipinski definition) is 2. The first-order valence-electron chi connectivity index (χ1n) is 18.6. The summed E-state index contributed by atoms with van der Waals surface area (Å²) in [5.74, 6) is -2.26. The van der Waals surface area contributed by atoms with Gasteiger partial charge >= 0.3 is 11.9 Å². The number of rotatable bonds is 13. The highest BCUT2D eigenvalue weighted by Crippen LogP contribution is 2.44. The molecule has 0 aliphatic carbocycles. The molecule has 3 aliphatic heterocycles. The minimum atomic E-state index is -1.01. The van der Waals surface area contributed by atoms with Crippen LogP contribution in [-0.4, -0.2) is 95.2 Å². The Morgan fingerprint density at radius 3 is 2.07 bits per heavy atom. The highest BCUT2D eigenvalue weighted by Gasteiger charge is 2.56. The molecule has 58 heavy (non-hydrogen) atoms. The first kappa shape index (κ1) is 40.6. The van der Waals surface area contributed by atoms with Crippen LogP contribution in [0.2, 0.25) is 0 Å². The molecule has 2 N–H and O–H groups in total. The molecule has 2 saturated heterocycles. The van der Waals surface area contributed by atoms with E-state index in [0.29, 0.717) is 29.4 Å². The lowest BCUT2D eigenvalue weighted by molar-refractivity contribution is -0.173. The van der Waals surface area contributed by atoms with Crippen molar-refractivity contribution in [2.24, 2.45) is 10.6 Å². The Hall–Kier alpha value is -5.55. The lowest BCUT2D eigenvalue weighted by Gasteiger charge is -2.50. The molecule has 302 valence electrons. The highest BCUT2D eigenvalue weighted by atomic mass is 32.2. The fourth-order valence-electron chi connectivity index (χ4n) is 7.05. The summed E-state index contributed by atoms with van der Waals surface area (Å²) < 4.78 is 10.6. The van der Waals surface area contributed by atoms with E-state index in [4.69, 9.17) is 24.1 Å². The van der Waals surface area contributed by atoms with Crippen LogP contribution in [0.15, 0.2) is 113 Å². The van der Waals surface area contributed by atoms with Crippen molar-refractivity contribution in [3.8, 4) is 0 Å². The number of esters is 2. The molecule has 0 unspecified atom stereocenters. The van der Waals surface area contributed by atoms with Crippen molar-refractivity contribution >= 4 is 57.7 Å². The van der Waals surface area contributed by atoms with Crippen LogP contribution < -0.4 is 10.6 Å². The Bertz CT molecular complexity index is 2110. The van der Waals surface area contributed by atoms with Crippen LogP contribution in [0.5, 0.6) is 0 Å². The van der Waals surface area contributed by atoms with Gasteiger partial charge in [-0.05, 0) is 43.9 Å². The Labute approximate surface area is 344 Å². The summed E-state index contributed by atoms with van der Waals surface area (Å²) in [5.41, 5.74) is 1.96. The number of anilines is 1. The van der Waals surface area contributed by atoms with Gasteiger partial charge in [-0.3, -0.25) is 24.1 Å². The molecule has 0 saturated carbocycles. The van der Waals surface area contributed by atoms with Gasteiger partial charge in [0.1, 0.15) is 41.6 Å². The number of hydrogen-bond acceptors (Lipinski definition) is 14. The maximum atomic E-state index is 14.0. The maximum absolute atomic E-state index is 14.0. The maximum Gasteiger partial charge on any atom is 0.358 e. The third kappa shape index (κ3) is 8.09. The number of fused-ring (bicyclic) bond motifs is 1. The summed E-state index contributed by atoms with van der Waals surface area (Å²) in [6.45, 7) is 5.05.